The van der Waals surface area contributed by atoms with Crippen molar-refractivity contribution in [2.24, 2.45) is 0 Å². The van der Waals surface area contributed by atoms with Crippen LogP contribution in [0.5, 0.6) is 0 Å². The van der Waals surface area contributed by atoms with Crippen molar-refractivity contribution in [1.82, 2.24) is 15.8 Å². The van der Waals surface area contributed by atoms with Crippen molar-refractivity contribution in [3.8, 4) is 0 Å². The molecule has 0 aromatic heterocycles. The van der Waals surface area contributed by atoms with Gasteiger partial charge < -0.3 is 10.1 Å². The number of urea groups is 1. The van der Waals surface area contributed by atoms with Gasteiger partial charge in [0.25, 0.3) is 11.8 Å². The highest BCUT2D eigenvalue weighted by Crippen LogP contribution is 2.32. The number of carbonyl (C=O) groups excluding carboxylic acids is 4. The van der Waals surface area contributed by atoms with E-state index in [1.807, 2.05) is 0 Å². The van der Waals surface area contributed by atoms with Crippen molar-refractivity contribution in [1.29, 1.82) is 0 Å². The van der Waals surface area contributed by atoms with Crippen LogP contribution < -0.4 is 10.7 Å². The maximum absolute atomic E-state index is 12.5. The molecule has 1 heterocycles. The number of halogens is 1. The smallest absolute Gasteiger partial charge is 0.344 e. The van der Waals surface area contributed by atoms with Gasteiger partial charge in [-0.05, 0) is 36.6 Å². The summed E-state index contributed by atoms with van der Waals surface area (Å²) in [6.45, 7) is -0.617. The van der Waals surface area contributed by atoms with Crippen molar-refractivity contribution < 1.29 is 23.9 Å². The molecule has 1 saturated carbocycles. The number of esters is 1. The van der Waals surface area contributed by atoms with Gasteiger partial charge >= 0.3 is 12.0 Å². The van der Waals surface area contributed by atoms with Crippen LogP contribution in [0.1, 0.15) is 37.7 Å². The van der Waals surface area contributed by atoms with Gasteiger partial charge in [-0.2, -0.15) is 5.01 Å². The topological polar surface area (TPSA) is 105 Å². The lowest BCUT2D eigenvalue weighted by atomic mass is 9.82. The molecule has 0 atom stereocenters. The number of hydrogen-bond donors (Lipinski definition) is 2. The first kappa shape index (κ1) is 19.9. The Morgan fingerprint density at radius 3 is 2.54 bits per heavy atom. The third-order valence-corrected chi connectivity index (χ3v) is 4.98. The molecule has 0 radical (unpaired) electrons. The summed E-state index contributed by atoms with van der Waals surface area (Å²) in [5.74, 6) is -1.98. The number of benzene rings is 1. The first-order valence-corrected chi connectivity index (χ1v) is 9.34. The number of nitrogens with one attached hydrogen (secondary N) is 2. The zero-order valence-electron chi connectivity index (χ0n) is 15.1. The summed E-state index contributed by atoms with van der Waals surface area (Å²) in [6, 6.07) is 6.12. The molecule has 4 amide bonds. The number of imide groups is 1. The van der Waals surface area contributed by atoms with Gasteiger partial charge in [0.2, 0.25) is 0 Å². The van der Waals surface area contributed by atoms with E-state index in [4.69, 9.17) is 16.3 Å². The maximum atomic E-state index is 12.5. The van der Waals surface area contributed by atoms with Crippen LogP contribution in [0.4, 0.5) is 4.79 Å². The molecule has 1 aromatic rings. The molecule has 2 N–H and O–H groups in total. The number of hydrazine groups is 1. The van der Waals surface area contributed by atoms with Gasteiger partial charge in [0.05, 0.1) is 0 Å². The molecule has 8 nitrogen and oxygen atoms in total. The van der Waals surface area contributed by atoms with Crippen molar-refractivity contribution >= 4 is 41.5 Å². The lowest BCUT2D eigenvalue weighted by molar-refractivity contribution is -0.147. The molecular weight excluding hydrogens is 386 g/mol. The fourth-order valence-electron chi connectivity index (χ4n) is 3.30. The second kappa shape index (κ2) is 8.43. The summed E-state index contributed by atoms with van der Waals surface area (Å²) in [7, 11) is 0. The average molecular weight is 406 g/mol. The number of ether oxygens (including phenoxy) is 1. The SMILES string of the molecule is O=C(COC(=O)/C=C/c1ccc(Cl)cc1)NN1C(=O)NC2(CCCCC2)C1=O. The van der Waals surface area contributed by atoms with E-state index in [1.54, 1.807) is 24.3 Å². The summed E-state index contributed by atoms with van der Waals surface area (Å²) in [6.07, 6.45) is 6.47. The van der Waals surface area contributed by atoms with Crippen LogP contribution in [0.25, 0.3) is 6.08 Å². The highest BCUT2D eigenvalue weighted by atomic mass is 35.5. The standard InChI is InChI=1S/C19H20ClN3O5/c20-14-7-4-13(5-8-14)6-9-16(25)28-12-15(24)22-23-17(26)19(21-18(23)27)10-2-1-3-11-19/h4-9H,1-3,10-12H2,(H,21,27)(H,22,24)/b9-6+. The largest absolute Gasteiger partial charge is 0.452 e. The Kier molecular flexibility index (Phi) is 5.99. The molecule has 3 rings (SSSR count). The van der Waals surface area contributed by atoms with Crippen molar-refractivity contribution in [2.45, 2.75) is 37.6 Å². The molecular formula is C19H20ClN3O5. The molecule has 1 saturated heterocycles. The molecule has 1 spiro atoms. The van der Waals surface area contributed by atoms with E-state index >= 15 is 0 Å². The number of nitrogens with zero attached hydrogens (tertiary/aromatic N) is 1. The van der Waals surface area contributed by atoms with Gasteiger partial charge in [-0.25, -0.2) is 9.59 Å². The summed E-state index contributed by atoms with van der Waals surface area (Å²) in [4.78, 5) is 48.3. The predicted molar refractivity (Wildman–Crippen MR) is 101 cm³/mol. The molecule has 148 valence electrons. The number of hydrogen-bond acceptors (Lipinski definition) is 5. The van der Waals surface area contributed by atoms with Gasteiger partial charge in [-0.1, -0.05) is 43.0 Å². The van der Waals surface area contributed by atoms with E-state index in [9.17, 15) is 19.2 Å². The molecule has 0 bridgehead atoms. The zero-order chi connectivity index (χ0) is 20.1. The number of carbonyl (C=O) groups is 4. The predicted octanol–water partition coefficient (Wildman–Crippen LogP) is 2.18. The maximum Gasteiger partial charge on any atom is 0.344 e. The first-order valence-electron chi connectivity index (χ1n) is 8.96. The quantitative estimate of drug-likeness (QED) is 0.444. The summed E-state index contributed by atoms with van der Waals surface area (Å²) >= 11 is 5.78. The van der Waals surface area contributed by atoms with Crippen LogP contribution in [0, 0.1) is 0 Å². The average Bonchev–Trinajstić information content (AvgIpc) is 2.90. The molecule has 1 aromatic carbocycles. The van der Waals surface area contributed by atoms with E-state index in [0.717, 1.165) is 24.8 Å². The zero-order valence-corrected chi connectivity index (χ0v) is 15.8. The Morgan fingerprint density at radius 1 is 1.18 bits per heavy atom. The molecule has 0 unspecified atom stereocenters. The minimum Gasteiger partial charge on any atom is -0.452 e. The van der Waals surface area contributed by atoms with E-state index in [-0.39, 0.29) is 0 Å². The third kappa shape index (κ3) is 4.51. The van der Waals surface area contributed by atoms with Crippen molar-refractivity contribution in [3.05, 3.63) is 40.9 Å². The van der Waals surface area contributed by atoms with Gasteiger partial charge in [-0.15, -0.1) is 0 Å². The summed E-state index contributed by atoms with van der Waals surface area (Å²) in [5.41, 5.74) is 2.01. The van der Waals surface area contributed by atoms with Crippen LogP contribution in [0.15, 0.2) is 30.3 Å². The third-order valence-electron chi connectivity index (χ3n) is 4.73. The van der Waals surface area contributed by atoms with Gasteiger partial charge in [-0.3, -0.25) is 15.0 Å². The lowest BCUT2D eigenvalue weighted by Crippen LogP contribution is -2.51. The number of rotatable bonds is 5. The summed E-state index contributed by atoms with van der Waals surface area (Å²) < 4.78 is 4.83. The van der Waals surface area contributed by atoms with Crippen LogP contribution in [0.2, 0.25) is 5.02 Å². The minimum absolute atomic E-state index is 0.473. The Balaban J connectivity index is 1.48. The van der Waals surface area contributed by atoms with Crippen LogP contribution >= 0.6 is 11.6 Å². The van der Waals surface area contributed by atoms with Crippen LogP contribution in [-0.2, 0) is 19.1 Å². The second-order valence-electron chi connectivity index (χ2n) is 6.74. The number of amides is 4. The highest BCUT2D eigenvalue weighted by Gasteiger charge is 2.52. The van der Waals surface area contributed by atoms with E-state index in [0.29, 0.717) is 22.9 Å². The van der Waals surface area contributed by atoms with E-state index in [2.05, 4.69) is 10.7 Å². The molecule has 28 heavy (non-hydrogen) atoms. The van der Waals surface area contributed by atoms with Gasteiger partial charge in [0.1, 0.15) is 5.54 Å². The second-order valence-corrected chi connectivity index (χ2v) is 7.18. The Labute approximate surface area is 166 Å². The van der Waals surface area contributed by atoms with Crippen molar-refractivity contribution in [2.75, 3.05) is 6.61 Å². The lowest BCUT2D eigenvalue weighted by Gasteiger charge is -2.30. The highest BCUT2D eigenvalue weighted by molar-refractivity contribution is 6.30. The van der Waals surface area contributed by atoms with Gasteiger partial charge in [0, 0.05) is 11.1 Å². The van der Waals surface area contributed by atoms with Gasteiger partial charge in [0.15, 0.2) is 6.61 Å². The Hall–Kier alpha value is -2.87. The fourth-order valence-corrected chi connectivity index (χ4v) is 3.42. The molecule has 2 fully saturated rings. The Morgan fingerprint density at radius 2 is 1.86 bits per heavy atom. The van der Waals surface area contributed by atoms with Crippen LogP contribution in [0.3, 0.4) is 0 Å². The monoisotopic (exact) mass is 405 g/mol. The van der Waals surface area contributed by atoms with Crippen molar-refractivity contribution in [3.63, 3.8) is 0 Å². The Bertz CT molecular complexity index is 815. The molecule has 1 aliphatic heterocycles. The normalized spacial score (nSPS) is 18.4. The van der Waals surface area contributed by atoms with Crippen LogP contribution in [-0.4, -0.2) is 41.0 Å². The van der Waals surface area contributed by atoms with E-state index in [1.165, 1.54) is 12.2 Å². The first-order chi connectivity index (χ1) is 13.4. The molecule has 9 heteroatoms. The van der Waals surface area contributed by atoms with E-state index < -0.39 is 36.0 Å². The fraction of sp³-hybridized carbons (Fsp3) is 0.368. The summed E-state index contributed by atoms with van der Waals surface area (Å²) in [5, 5.41) is 3.92. The molecule has 2 aliphatic rings. The molecule has 1 aliphatic carbocycles. The minimum atomic E-state index is -0.930.